The Bertz CT molecular complexity index is 1180. The van der Waals surface area contributed by atoms with Crippen LogP contribution in [0.25, 0.3) is 0 Å². The molecule has 1 aromatic heterocycles. The van der Waals surface area contributed by atoms with Gasteiger partial charge in [0.2, 0.25) is 11.7 Å². The number of ketones is 1. The molecule has 1 unspecified atom stereocenters. The van der Waals surface area contributed by atoms with Gasteiger partial charge in [0.25, 0.3) is 0 Å². The molecule has 0 radical (unpaired) electrons. The van der Waals surface area contributed by atoms with Gasteiger partial charge in [-0.3, -0.25) is 4.79 Å². The molecule has 0 spiro atoms. The summed E-state index contributed by atoms with van der Waals surface area (Å²) < 4.78 is 38.5. The van der Waals surface area contributed by atoms with Crippen LogP contribution in [0.15, 0.2) is 30.3 Å². The smallest absolute Gasteiger partial charge is 0.233 e. The van der Waals surface area contributed by atoms with E-state index in [1.54, 1.807) is 24.3 Å². The molecule has 5 atom stereocenters. The van der Waals surface area contributed by atoms with E-state index < -0.39 is 24.4 Å². The van der Waals surface area contributed by atoms with E-state index in [4.69, 9.17) is 40.0 Å². The lowest BCUT2D eigenvalue weighted by Crippen LogP contribution is -2.58. The van der Waals surface area contributed by atoms with Crippen molar-refractivity contribution in [3.63, 3.8) is 0 Å². The zero-order valence-corrected chi connectivity index (χ0v) is 31.4. The number of carbonyl (C=O) groups excluding carboxylic acids is 1. The number of hydrogen-bond acceptors (Lipinski definition) is 9. The quantitative estimate of drug-likeness (QED) is 0.0701. The normalized spacial score (nSPS) is 20.8. The zero-order valence-electron chi connectivity index (χ0n) is 30.6. The van der Waals surface area contributed by atoms with Crippen LogP contribution in [0.4, 0.5) is 0 Å². The molecule has 10 heteroatoms. The van der Waals surface area contributed by atoms with E-state index in [1.807, 2.05) is 6.07 Å². The molecule has 0 N–H and O–H groups in total. The van der Waals surface area contributed by atoms with Crippen molar-refractivity contribution in [2.24, 2.45) is 0 Å². The third-order valence-electron chi connectivity index (χ3n) is 8.67. The molecule has 9 nitrogen and oxygen atoms in total. The van der Waals surface area contributed by atoms with Crippen LogP contribution in [-0.2, 0) is 23.7 Å². The highest BCUT2D eigenvalue weighted by Gasteiger charge is 2.49. The summed E-state index contributed by atoms with van der Waals surface area (Å²) in [6.45, 7) is 14.1. The fourth-order valence-corrected chi connectivity index (χ4v) is 5.89. The molecule has 0 saturated carbocycles. The van der Waals surface area contributed by atoms with E-state index in [1.165, 1.54) is 6.42 Å². The van der Waals surface area contributed by atoms with Crippen molar-refractivity contribution in [1.82, 2.24) is 10.2 Å². The van der Waals surface area contributed by atoms with Crippen LogP contribution in [0.1, 0.15) is 139 Å². The number of nitrogens with zero attached hydrogens (tertiary/aromatic N) is 2. The van der Waals surface area contributed by atoms with Gasteiger partial charge in [-0.15, -0.1) is 10.2 Å². The topological polar surface area (TPSA) is 98.2 Å². The molecule has 276 valence electrons. The maximum atomic E-state index is 13.8. The van der Waals surface area contributed by atoms with Crippen molar-refractivity contribution >= 4 is 17.4 Å². The van der Waals surface area contributed by atoms with Crippen LogP contribution in [0.2, 0.25) is 5.02 Å². The van der Waals surface area contributed by atoms with Gasteiger partial charge < -0.3 is 28.4 Å². The molecule has 1 aliphatic rings. The highest BCUT2D eigenvalue weighted by atomic mass is 35.5. The Hall–Kier alpha value is -2.14. The number of unbranched alkanes of at least 4 members (excludes halogenated alkanes) is 7. The molecular formula is C39H61ClN2O7. The fourth-order valence-electron chi connectivity index (χ4n) is 5.68. The van der Waals surface area contributed by atoms with Crippen molar-refractivity contribution in [2.45, 2.75) is 142 Å². The Morgan fingerprint density at radius 3 is 1.96 bits per heavy atom. The zero-order chi connectivity index (χ0) is 35.3. The lowest BCUT2D eigenvalue weighted by molar-refractivity contribution is -0.268. The summed E-state index contributed by atoms with van der Waals surface area (Å²) in [5.74, 6) is 0.0664. The van der Waals surface area contributed by atoms with E-state index in [-0.39, 0.29) is 17.6 Å². The first-order chi connectivity index (χ1) is 24.0. The average Bonchev–Trinajstić information content (AvgIpc) is 3.11. The van der Waals surface area contributed by atoms with Gasteiger partial charge in [0.1, 0.15) is 36.2 Å². The van der Waals surface area contributed by atoms with Crippen molar-refractivity contribution in [1.29, 1.82) is 0 Å². The maximum Gasteiger partial charge on any atom is 0.233 e. The third kappa shape index (κ3) is 13.5. The lowest BCUT2D eigenvalue weighted by Gasteiger charge is -2.46. The van der Waals surface area contributed by atoms with E-state index in [2.05, 4.69) is 44.8 Å². The van der Waals surface area contributed by atoms with Gasteiger partial charge in [0, 0.05) is 38.1 Å². The van der Waals surface area contributed by atoms with Crippen LogP contribution in [0, 0.1) is 0 Å². The van der Waals surface area contributed by atoms with Crippen LogP contribution in [0.3, 0.4) is 0 Å². The highest BCUT2D eigenvalue weighted by Crippen LogP contribution is 2.39. The molecule has 1 aliphatic heterocycles. The molecule has 2 heterocycles. The molecule has 1 saturated heterocycles. The number of aromatic nitrogens is 2. The number of carbonyl (C=O) groups is 1. The van der Waals surface area contributed by atoms with Crippen LogP contribution in [-0.4, -0.2) is 80.0 Å². The van der Waals surface area contributed by atoms with Crippen molar-refractivity contribution in [2.75, 3.05) is 39.6 Å². The van der Waals surface area contributed by atoms with Crippen molar-refractivity contribution in [3.8, 4) is 5.88 Å². The molecule has 1 aromatic carbocycles. The summed E-state index contributed by atoms with van der Waals surface area (Å²) in [5, 5.41) is 8.66. The van der Waals surface area contributed by atoms with Crippen LogP contribution >= 0.6 is 11.6 Å². The van der Waals surface area contributed by atoms with Gasteiger partial charge in [0.15, 0.2) is 0 Å². The largest absolute Gasteiger partial charge is 0.477 e. The van der Waals surface area contributed by atoms with E-state index in [0.717, 1.165) is 76.2 Å². The molecule has 0 amide bonds. The molecule has 2 aromatic rings. The number of benzene rings is 1. The van der Waals surface area contributed by atoms with Crippen molar-refractivity contribution < 1.29 is 33.2 Å². The Kier molecular flexibility index (Phi) is 20.3. The Balaban J connectivity index is 1.93. The fraction of sp³-hybridized carbons (Fsp3) is 0.718. The minimum absolute atomic E-state index is 0.185. The lowest BCUT2D eigenvalue weighted by atomic mass is 9.89. The van der Waals surface area contributed by atoms with Gasteiger partial charge >= 0.3 is 0 Å². The Morgan fingerprint density at radius 1 is 0.694 bits per heavy atom. The minimum atomic E-state index is -0.548. The second-order valence-electron chi connectivity index (χ2n) is 12.8. The van der Waals surface area contributed by atoms with E-state index in [0.29, 0.717) is 56.1 Å². The number of ether oxygens (including phenoxy) is 6. The third-order valence-corrected chi connectivity index (χ3v) is 9.00. The van der Waals surface area contributed by atoms with Crippen LogP contribution in [0.5, 0.6) is 5.88 Å². The summed E-state index contributed by atoms with van der Waals surface area (Å²) in [4.78, 5) is 13.8. The SMILES string of the molecule is CCCCCCOc1ccc(C(=O)c2cc(C3O[C@H](COCCCC)[C@@H](OCCCC)[C@H](OCCCC)[C@H]3OCCCC)ccc2Cl)nn1. The predicted octanol–water partition coefficient (Wildman–Crippen LogP) is 9.13. The molecule has 1 fully saturated rings. The van der Waals surface area contributed by atoms with E-state index >= 15 is 0 Å². The first-order valence-corrected chi connectivity index (χ1v) is 19.2. The minimum Gasteiger partial charge on any atom is -0.477 e. The van der Waals surface area contributed by atoms with Gasteiger partial charge in [-0.1, -0.05) is 97.2 Å². The first kappa shape index (κ1) is 41.3. The summed E-state index contributed by atoms with van der Waals surface area (Å²) in [6.07, 6.45) is 10.0. The molecule has 0 bridgehead atoms. The van der Waals surface area contributed by atoms with Gasteiger partial charge in [-0.25, -0.2) is 0 Å². The van der Waals surface area contributed by atoms with Gasteiger partial charge in [0.05, 0.1) is 18.2 Å². The highest BCUT2D eigenvalue weighted by molar-refractivity contribution is 6.34. The predicted molar refractivity (Wildman–Crippen MR) is 194 cm³/mol. The van der Waals surface area contributed by atoms with Gasteiger partial charge in [-0.05, 0) is 55.9 Å². The second-order valence-corrected chi connectivity index (χ2v) is 13.2. The summed E-state index contributed by atoms with van der Waals surface area (Å²) >= 11 is 6.66. The Labute approximate surface area is 300 Å². The van der Waals surface area contributed by atoms with E-state index in [9.17, 15) is 4.79 Å². The van der Waals surface area contributed by atoms with Gasteiger partial charge in [-0.2, -0.15) is 0 Å². The maximum absolute atomic E-state index is 13.8. The molecular weight excluding hydrogens is 644 g/mol. The summed E-state index contributed by atoms with van der Waals surface area (Å²) in [7, 11) is 0. The summed E-state index contributed by atoms with van der Waals surface area (Å²) in [6, 6.07) is 8.74. The standard InChI is InChI=1S/C39H61ClN2O7/c1-6-11-16-17-26-45-34-21-20-32(41-42-34)35(43)30-27-29(18-19-31(30)40)36-38(47-24-14-9-4)39(48-25-15-10-5)37(46-23-13-8-3)33(49-36)28-44-22-12-7-2/h18-21,27,33,36-39H,6-17,22-26,28H2,1-5H3/t33-,36?,37-,38+,39+/m1/s1. The second kappa shape index (κ2) is 24.1. The number of hydrogen-bond donors (Lipinski definition) is 0. The average molecular weight is 705 g/mol. The monoisotopic (exact) mass is 704 g/mol. The number of halogens is 1. The van der Waals surface area contributed by atoms with Crippen LogP contribution < -0.4 is 4.74 Å². The Morgan fingerprint density at radius 2 is 1.33 bits per heavy atom. The number of rotatable bonds is 26. The van der Waals surface area contributed by atoms with Crippen molar-refractivity contribution in [3.05, 3.63) is 52.2 Å². The first-order valence-electron chi connectivity index (χ1n) is 18.9. The molecule has 0 aliphatic carbocycles. The molecule has 49 heavy (non-hydrogen) atoms. The molecule has 3 rings (SSSR count). The summed E-state index contributed by atoms with van der Waals surface area (Å²) in [5.41, 5.74) is 1.27.